The highest BCUT2D eigenvalue weighted by atomic mass is 35.5. The van der Waals surface area contributed by atoms with Gasteiger partial charge in [-0.15, -0.1) is 0 Å². The van der Waals surface area contributed by atoms with Gasteiger partial charge in [0.15, 0.2) is 11.5 Å². The van der Waals surface area contributed by atoms with E-state index in [1.54, 1.807) is 0 Å². The lowest BCUT2D eigenvalue weighted by Gasteiger charge is -2.05. The lowest BCUT2D eigenvalue weighted by atomic mass is 10.1. The number of hydrogen-bond acceptors (Lipinski definition) is 4. The molecule has 0 radical (unpaired) electrons. The third-order valence-corrected chi connectivity index (χ3v) is 2.94. The van der Waals surface area contributed by atoms with Gasteiger partial charge < -0.3 is 10.3 Å². The fraction of sp³-hybridized carbons (Fsp3) is 0.500. The van der Waals surface area contributed by atoms with Crippen molar-refractivity contribution < 1.29 is 4.79 Å². The summed E-state index contributed by atoms with van der Waals surface area (Å²) >= 11 is 5.78. The molecule has 0 aliphatic rings. The number of carbonyl (C=O) groups is 1. The number of imidazole rings is 1. The van der Waals surface area contributed by atoms with E-state index in [1.807, 2.05) is 0 Å². The van der Waals surface area contributed by atoms with Gasteiger partial charge >= 0.3 is 0 Å². The van der Waals surface area contributed by atoms with Crippen LogP contribution < -0.4 is 5.32 Å². The molecule has 0 atom stereocenters. The fourth-order valence-corrected chi connectivity index (χ4v) is 1.97. The van der Waals surface area contributed by atoms with Gasteiger partial charge in [-0.1, -0.05) is 26.2 Å². The number of H-pyrrole nitrogens is 1. The van der Waals surface area contributed by atoms with Gasteiger partial charge in [-0.25, -0.2) is 4.98 Å². The van der Waals surface area contributed by atoms with Crippen LogP contribution in [0.1, 0.15) is 39.0 Å². The SMILES string of the molecule is CCCCCCC(=O)Nc1nc(Cl)nc2nc[nH]c12. The second-order valence-corrected chi connectivity index (χ2v) is 4.64. The van der Waals surface area contributed by atoms with Gasteiger partial charge in [0.05, 0.1) is 6.33 Å². The number of fused-ring (bicyclic) bond motifs is 1. The number of unbranched alkanes of at least 4 members (excludes halogenated alkanes) is 3. The van der Waals surface area contributed by atoms with Crippen LogP contribution in [0.2, 0.25) is 5.28 Å². The van der Waals surface area contributed by atoms with Crippen LogP contribution in [0.15, 0.2) is 6.33 Å². The number of rotatable bonds is 6. The number of carbonyl (C=O) groups excluding carboxylic acids is 1. The first-order valence-corrected chi connectivity index (χ1v) is 6.75. The van der Waals surface area contributed by atoms with Crippen molar-refractivity contribution in [2.45, 2.75) is 39.0 Å². The Morgan fingerprint density at radius 3 is 3.00 bits per heavy atom. The summed E-state index contributed by atoms with van der Waals surface area (Å²) in [6.45, 7) is 2.14. The lowest BCUT2D eigenvalue weighted by molar-refractivity contribution is -0.116. The summed E-state index contributed by atoms with van der Waals surface area (Å²) in [5.41, 5.74) is 1.03. The van der Waals surface area contributed by atoms with E-state index in [-0.39, 0.29) is 11.2 Å². The number of halogens is 1. The van der Waals surface area contributed by atoms with Crippen molar-refractivity contribution in [3.05, 3.63) is 11.6 Å². The summed E-state index contributed by atoms with van der Waals surface area (Å²) in [7, 11) is 0. The minimum Gasteiger partial charge on any atom is -0.340 e. The molecule has 0 fully saturated rings. The van der Waals surface area contributed by atoms with E-state index in [2.05, 4.69) is 32.2 Å². The molecule has 7 heteroatoms. The van der Waals surface area contributed by atoms with Gasteiger partial charge in [0.25, 0.3) is 0 Å². The van der Waals surface area contributed by atoms with E-state index < -0.39 is 0 Å². The van der Waals surface area contributed by atoms with Gasteiger partial charge in [-0.2, -0.15) is 9.97 Å². The molecule has 19 heavy (non-hydrogen) atoms. The average Bonchev–Trinajstić information content (AvgIpc) is 2.82. The Balaban J connectivity index is 2.00. The second kappa shape index (κ2) is 6.47. The van der Waals surface area contributed by atoms with Gasteiger partial charge in [0.2, 0.25) is 11.2 Å². The Bertz CT molecular complexity index is 568. The number of amides is 1. The number of nitrogens with one attached hydrogen (secondary N) is 2. The summed E-state index contributed by atoms with van der Waals surface area (Å²) in [6.07, 6.45) is 6.22. The van der Waals surface area contributed by atoms with Gasteiger partial charge in [-0.3, -0.25) is 4.79 Å². The molecule has 0 saturated carbocycles. The first-order valence-electron chi connectivity index (χ1n) is 6.37. The van der Waals surface area contributed by atoms with E-state index in [4.69, 9.17) is 11.6 Å². The van der Waals surface area contributed by atoms with Crippen LogP contribution in [-0.2, 0) is 4.79 Å². The quantitative estimate of drug-likeness (QED) is 0.630. The third kappa shape index (κ3) is 3.64. The van der Waals surface area contributed by atoms with Crippen molar-refractivity contribution in [1.29, 1.82) is 0 Å². The van der Waals surface area contributed by atoms with Gasteiger partial charge in [-0.05, 0) is 18.0 Å². The van der Waals surface area contributed by atoms with E-state index in [0.717, 1.165) is 25.7 Å². The van der Waals surface area contributed by atoms with Crippen molar-refractivity contribution in [2.24, 2.45) is 0 Å². The predicted octanol–water partition coefficient (Wildman–Crippen LogP) is 2.92. The Labute approximate surface area is 116 Å². The molecule has 0 aliphatic heterocycles. The average molecular weight is 282 g/mol. The number of aromatic nitrogens is 4. The zero-order valence-corrected chi connectivity index (χ0v) is 11.5. The molecule has 2 rings (SSSR count). The van der Waals surface area contributed by atoms with Crippen molar-refractivity contribution in [1.82, 2.24) is 19.9 Å². The van der Waals surface area contributed by atoms with Crippen LogP contribution in [0.4, 0.5) is 5.82 Å². The summed E-state index contributed by atoms with van der Waals surface area (Å²) in [5, 5.41) is 2.81. The number of nitrogens with zero attached hydrogens (tertiary/aromatic N) is 3. The Morgan fingerprint density at radius 2 is 2.21 bits per heavy atom. The van der Waals surface area contributed by atoms with Crippen molar-refractivity contribution >= 4 is 34.5 Å². The van der Waals surface area contributed by atoms with Crippen LogP contribution in [-0.4, -0.2) is 25.8 Å². The molecule has 2 heterocycles. The third-order valence-electron chi connectivity index (χ3n) is 2.77. The van der Waals surface area contributed by atoms with Crippen LogP contribution in [0, 0.1) is 0 Å². The van der Waals surface area contributed by atoms with Gasteiger partial charge in [0.1, 0.15) is 5.52 Å². The molecule has 0 saturated heterocycles. The molecule has 1 amide bonds. The molecule has 0 bridgehead atoms. The number of anilines is 1. The topological polar surface area (TPSA) is 83.6 Å². The molecule has 2 aromatic rings. The van der Waals surface area contributed by atoms with Crippen LogP contribution in [0.5, 0.6) is 0 Å². The highest BCUT2D eigenvalue weighted by Crippen LogP contribution is 2.18. The lowest BCUT2D eigenvalue weighted by Crippen LogP contribution is -2.13. The Kier molecular flexibility index (Phi) is 4.68. The molecule has 0 aromatic carbocycles. The number of hydrogen-bond donors (Lipinski definition) is 2. The maximum Gasteiger partial charge on any atom is 0.226 e. The van der Waals surface area contributed by atoms with E-state index >= 15 is 0 Å². The normalized spacial score (nSPS) is 10.8. The summed E-state index contributed by atoms with van der Waals surface area (Å²) in [6, 6.07) is 0. The zero-order valence-electron chi connectivity index (χ0n) is 10.7. The maximum absolute atomic E-state index is 11.8. The van der Waals surface area contributed by atoms with Crippen molar-refractivity contribution in [2.75, 3.05) is 5.32 Å². The standard InChI is InChI=1S/C12H16ClN5O/c1-2-3-4-5-6-8(19)16-11-9-10(15-7-14-9)17-12(13)18-11/h7H,2-6H2,1H3,(H2,14,15,16,17,18,19). The van der Waals surface area contributed by atoms with Gasteiger partial charge in [0, 0.05) is 6.42 Å². The minimum absolute atomic E-state index is 0.0678. The smallest absolute Gasteiger partial charge is 0.226 e. The van der Waals surface area contributed by atoms with E-state index in [9.17, 15) is 4.79 Å². The second-order valence-electron chi connectivity index (χ2n) is 4.30. The highest BCUT2D eigenvalue weighted by molar-refractivity contribution is 6.28. The van der Waals surface area contributed by atoms with Crippen LogP contribution in [0.3, 0.4) is 0 Å². The fourth-order valence-electron chi connectivity index (χ4n) is 1.80. The summed E-state index contributed by atoms with van der Waals surface area (Å²) in [4.78, 5) is 26.6. The Hall–Kier alpha value is -1.69. The maximum atomic E-state index is 11.8. The molecule has 0 unspecified atom stereocenters. The van der Waals surface area contributed by atoms with E-state index in [1.165, 1.54) is 6.33 Å². The first kappa shape index (κ1) is 13.7. The van der Waals surface area contributed by atoms with Crippen LogP contribution in [0.25, 0.3) is 11.2 Å². The summed E-state index contributed by atoms with van der Waals surface area (Å²) < 4.78 is 0. The van der Waals surface area contributed by atoms with Crippen LogP contribution >= 0.6 is 11.6 Å². The Morgan fingerprint density at radius 1 is 1.37 bits per heavy atom. The molecule has 2 aromatic heterocycles. The van der Waals surface area contributed by atoms with Crippen molar-refractivity contribution in [3.8, 4) is 0 Å². The van der Waals surface area contributed by atoms with E-state index in [0.29, 0.717) is 23.4 Å². The molecule has 102 valence electrons. The molecule has 6 nitrogen and oxygen atoms in total. The predicted molar refractivity (Wildman–Crippen MR) is 74.1 cm³/mol. The molecule has 2 N–H and O–H groups in total. The summed E-state index contributed by atoms with van der Waals surface area (Å²) in [5.74, 6) is 0.315. The number of aromatic amines is 1. The van der Waals surface area contributed by atoms with Crippen molar-refractivity contribution in [3.63, 3.8) is 0 Å². The molecular weight excluding hydrogens is 266 g/mol. The molecular formula is C12H16ClN5O. The molecule has 0 spiro atoms. The highest BCUT2D eigenvalue weighted by Gasteiger charge is 2.11. The monoisotopic (exact) mass is 281 g/mol. The zero-order chi connectivity index (χ0) is 13.7. The minimum atomic E-state index is -0.0678. The first-order chi connectivity index (χ1) is 9.20. The molecule has 0 aliphatic carbocycles. The largest absolute Gasteiger partial charge is 0.340 e.